The largest absolute Gasteiger partial charge is 0.480 e. The van der Waals surface area contributed by atoms with Crippen molar-refractivity contribution >= 4 is 25.7 Å². The van der Waals surface area contributed by atoms with Crippen molar-refractivity contribution in [2.45, 2.75) is 192 Å². The number of aliphatic hydroxyl groups excluding tert-OH is 2. The number of ether oxygens (including phenoxy) is 2. The third kappa shape index (κ3) is 36.4. The molecule has 1 unspecified atom stereocenters. The van der Waals surface area contributed by atoms with Crippen LogP contribution in [0.3, 0.4) is 0 Å². The highest BCUT2D eigenvalue weighted by Gasteiger charge is 2.28. The van der Waals surface area contributed by atoms with Crippen LogP contribution in [0.2, 0.25) is 0 Å². The monoisotopic (exact) mass is 844 g/mol. The molecule has 336 valence electrons. The molecule has 0 radical (unpaired) electrons. The molecule has 0 spiro atoms. The predicted molar refractivity (Wildman–Crippen MR) is 229 cm³/mol. The highest BCUT2D eigenvalue weighted by atomic mass is 31.2. The predicted octanol–water partition coefficient (Wildman–Crippen LogP) is 9.34. The molecule has 0 heterocycles. The minimum absolute atomic E-state index is 0.0502. The number of aliphatic carboxylic acids is 1. The van der Waals surface area contributed by atoms with Crippen molar-refractivity contribution in [3.8, 4) is 0 Å². The highest BCUT2D eigenvalue weighted by Crippen LogP contribution is 2.43. The van der Waals surface area contributed by atoms with Gasteiger partial charge >= 0.3 is 25.7 Å². The summed E-state index contributed by atoms with van der Waals surface area (Å²) in [5, 5.41) is 29.3. The summed E-state index contributed by atoms with van der Waals surface area (Å²) in [6.45, 7) is 2.52. The van der Waals surface area contributed by atoms with E-state index < -0.39 is 69.9 Å². The van der Waals surface area contributed by atoms with E-state index in [1.54, 1.807) is 0 Å². The van der Waals surface area contributed by atoms with Gasteiger partial charge in [0.1, 0.15) is 12.6 Å². The first-order valence-corrected chi connectivity index (χ1v) is 23.3. The standard InChI is InChI=1S/C44H78NO12P/c1-3-5-7-9-11-12-13-14-15-16-17-18-19-20-21-25-29-33-42(48)54-35-38(36-55-58(52,53)56-37-39(45)44(50)51)57-43(49)34-30-26-22-24-28-32-41(47)40(46)31-27-23-10-8-6-4-2/h14-15,17-18,20-21,23,27,38-41,46-47H,3-13,16,19,22,24-26,28-37,45H2,1-2H3,(H,50,51)(H,52,53)/b15-14-,18-17-,21-20-,27-23-/t38-,39+,40+,41+/m1/s1. The van der Waals surface area contributed by atoms with Crippen molar-refractivity contribution in [2.24, 2.45) is 5.73 Å². The lowest BCUT2D eigenvalue weighted by molar-refractivity contribution is -0.161. The lowest BCUT2D eigenvalue weighted by Gasteiger charge is -2.20. The molecule has 0 aliphatic heterocycles. The third-order valence-corrected chi connectivity index (χ3v) is 10.2. The van der Waals surface area contributed by atoms with Gasteiger partial charge in [-0.3, -0.25) is 23.4 Å². The summed E-state index contributed by atoms with van der Waals surface area (Å²) in [5.41, 5.74) is 5.32. The van der Waals surface area contributed by atoms with Crippen molar-refractivity contribution < 1.29 is 57.7 Å². The second-order valence-corrected chi connectivity index (χ2v) is 16.2. The molecule has 0 aliphatic rings. The van der Waals surface area contributed by atoms with E-state index >= 15 is 0 Å². The fourth-order valence-corrected chi connectivity index (χ4v) is 6.41. The van der Waals surface area contributed by atoms with E-state index in [-0.39, 0.29) is 12.8 Å². The first kappa shape index (κ1) is 55.4. The normalized spacial score (nSPS) is 15.3. The molecule has 0 saturated heterocycles. The fourth-order valence-electron chi connectivity index (χ4n) is 5.63. The van der Waals surface area contributed by atoms with Gasteiger partial charge < -0.3 is 35.4 Å². The van der Waals surface area contributed by atoms with Gasteiger partial charge in [0.2, 0.25) is 0 Å². The molecule has 0 rings (SSSR count). The highest BCUT2D eigenvalue weighted by molar-refractivity contribution is 7.47. The summed E-state index contributed by atoms with van der Waals surface area (Å²) in [6, 6.07) is -1.55. The number of allylic oxidation sites excluding steroid dienone is 7. The van der Waals surface area contributed by atoms with E-state index in [9.17, 15) is 34.1 Å². The van der Waals surface area contributed by atoms with Crippen LogP contribution in [0.25, 0.3) is 0 Å². The number of hydrogen-bond acceptors (Lipinski definition) is 11. The van der Waals surface area contributed by atoms with Crippen LogP contribution in [0.4, 0.5) is 0 Å². The Labute approximate surface area is 349 Å². The van der Waals surface area contributed by atoms with Gasteiger partial charge in [0, 0.05) is 12.8 Å². The number of unbranched alkanes of at least 4 members (excludes halogenated alkanes) is 14. The summed E-state index contributed by atoms with van der Waals surface area (Å²) >= 11 is 0. The Balaban J connectivity index is 4.57. The van der Waals surface area contributed by atoms with Crippen LogP contribution in [-0.4, -0.2) is 82.3 Å². The van der Waals surface area contributed by atoms with Crippen LogP contribution in [0.5, 0.6) is 0 Å². The Bertz CT molecular complexity index is 1210. The molecule has 0 bridgehead atoms. The first-order valence-electron chi connectivity index (χ1n) is 21.8. The Kier molecular flexibility index (Phi) is 36.8. The molecule has 14 heteroatoms. The number of carbonyl (C=O) groups is 3. The molecule has 13 nitrogen and oxygen atoms in total. The molecule has 0 aromatic rings. The number of hydrogen-bond donors (Lipinski definition) is 5. The van der Waals surface area contributed by atoms with Crippen molar-refractivity contribution in [3.05, 3.63) is 48.6 Å². The van der Waals surface area contributed by atoms with Crippen LogP contribution >= 0.6 is 7.82 Å². The Morgan fingerprint density at radius 1 is 0.603 bits per heavy atom. The smallest absolute Gasteiger partial charge is 0.472 e. The molecular weight excluding hydrogens is 765 g/mol. The quantitative estimate of drug-likeness (QED) is 0.0169. The van der Waals surface area contributed by atoms with Gasteiger partial charge in [-0.25, -0.2) is 4.57 Å². The summed E-state index contributed by atoms with van der Waals surface area (Å²) in [6.07, 6.45) is 34.9. The van der Waals surface area contributed by atoms with E-state index in [2.05, 4.69) is 48.8 Å². The van der Waals surface area contributed by atoms with Gasteiger partial charge in [-0.05, 0) is 70.6 Å². The molecule has 58 heavy (non-hydrogen) atoms. The number of rotatable bonds is 40. The maximum absolute atomic E-state index is 12.6. The number of esters is 2. The lowest BCUT2D eigenvalue weighted by atomic mass is 10.0. The molecule has 0 amide bonds. The number of carboxylic acid groups (broad SMARTS) is 1. The average Bonchev–Trinajstić information content (AvgIpc) is 3.19. The zero-order chi connectivity index (χ0) is 43.1. The summed E-state index contributed by atoms with van der Waals surface area (Å²) in [4.78, 5) is 45.9. The fraction of sp³-hybridized carbons (Fsp3) is 0.750. The Hall–Kier alpha value is -2.64. The van der Waals surface area contributed by atoms with E-state index in [1.165, 1.54) is 44.9 Å². The van der Waals surface area contributed by atoms with Gasteiger partial charge in [-0.15, -0.1) is 0 Å². The molecule has 6 N–H and O–H groups in total. The topological polar surface area (TPSA) is 212 Å². The van der Waals surface area contributed by atoms with Crippen LogP contribution in [-0.2, 0) is 37.5 Å². The second-order valence-electron chi connectivity index (χ2n) is 14.8. The SMILES string of the molecule is CCCCC/C=C\C[C@H](O)[C@@H](O)CCCCCCCC(=O)O[C@H](COC(=O)CCC/C=C\C/C=C\C/C=C\CCCCCCCC)COP(=O)(O)OC[C@H](N)C(=O)O. The molecule has 5 atom stereocenters. The summed E-state index contributed by atoms with van der Waals surface area (Å²) < 4.78 is 32.5. The number of phosphoric acid groups is 1. The van der Waals surface area contributed by atoms with E-state index in [1.807, 2.05) is 18.2 Å². The Morgan fingerprint density at radius 3 is 1.76 bits per heavy atom. The van der Waals surface area contributed by atoms with Crippen LogP contribution in [0.1, 0.15) is 168 Å². The van der Waals surface area contributed by atoms with Gasteiger partial charge in [0.25, 0.3) is 0 Å². The minimum atomic E-state index is -4.77. The number of carboxylic acids is 1. The van der Waals surface area contributed by atoms with Crippen LogP contribution in [0.15, 0.2) is 48.6 Å². The van der Waals surface area contributed by atoms with Crippen LogP contribution in [0, 0.1) is 0 Å². The molecule has 0 aromatic carbocycles. The molecular formula is C44H78NO12P. The van der Waals surface area contributed by atoms with Gasteiger partial charge in [0.05, 0.1) is 25.4 Å². The van der Waals surface area contributed by atoms with Crippen molar-refractivity contribution in [1.82, 2.24) is 0 Å². The Morgan fingerprint density at radius 2 is 1.10 bits per heavy atom. The third-order valence-electron chi connectivity index (χ3n) is 9.25. The maximum Gasteiger partial charge on any atom is 0.472 e. The molecule has 0 aromatic heterocycles. The molecule has 0 aliphatic carbocycles. The van der Waals surface area contributed by atoms with Crippen molar-refractivity contribution in [2.75, 3.05) is 19.8 Å². The summed E-state index contributed by atoms with van der Waals surface area (Å²) in [7, 11) is -4.77. The second kappa shape index (κ2) is 38.6. The molecule has 0 fully saturated rings. The van der Waals surface area contributed by atoms with Crippen molar-refractivity contribution in [3.63, 3.8) is 0 Å². The zero-order valence-electron chi connectivity index (χ0n) is 35.6. The number of phosphoric ester groups is 1. The van der Waals surface area contributed by atoms with Crippen molar-refractivity contribution in [1.29, 1.82) is 0 Å². The van der Waals surface area contributed by atoms with E-state index in [0.29, 0.717) is 32.1 Å². The first-order chi connectivity index (χ1) is 27.9. The summed E-state index contributed by atoms with van der Waals surface area (Å²) in [5.74, 6) is -2.58. The van der Waals surface area contributed by atoms with E-state index in [4.69, 9.17) is 24.8 Å². The van der Waals surface area contributed by atoms with Gasteiger partial charge in [-0.1, -0.05) is 133 Å². The van der Waals surface area contributed by atoms with Gasteiger partial charge in [0.15, 0.2) is 6.10 Å². The zero-order valence-corrected chi connectivity index (χ0v) is 36.5. The number of nitrogens with two attached hydrogens (primary N) is 1. The lowest BCUT2D eigenvalue weighted by Crippen LogP contribution is -2.34. The minimum Gasteiger partial charge on any atom is -0.480 e. The van der Waals surface area contributed by atoms with Crippen LogP contribution < -0.4 is 5.73 Å². The number of aliphatic hydroxyl groups is 2. The van der Waals surface area contributed by atoms with E-state index in [0.717, 1.165) is 64.2 Å². The maximum atomic E-state index is 12.6. The molecule has 0 saturated carbocycles. The average molecular weight is 844 g/mol. The number of carbonyl (C=O) groups excluding carboxylic acids is 2. The van der Waals surface area contributed by atoms with Gasteiger partial charge in [-0.2, -0.15) is 0 Å².